The van der Waals surface area contributed by atoms with Gasteiger partial charge in [0.2, 0.25) is 0 Å². The van der Waals surface area contributed by atoms with E-state index >= 15 is 0 Å². The zero-order valence-corrected chi connectivity index (χ0v) is 14.4. The van der Waals surface area contributed by atoms with E-state index in [1.165, 1.54) is 5.56 Å². The van der Waals surface area contributed by atoms with Crippen molar-refractivity contribution >= 4 is 11.6 Å². The van der Waals surface area contributed by atoms with Crippen molar-refractivity contribution in [1.29, 1.82) is 0 Å². The number of halogens is 1. The van der Waals surface area contributed by atoms with Gasteiger partial charge < -0.3 is 10.5 Å². The molecule has 0 radical (unpaired) electrons. The SMILES string of the molecule is CC(N)C(c1ccc(Cl)cc1)N1CC(C)(C)OC(C)(C)C1. The van der Waals surface area contributed by atoms with Crippen molar-refractivity contribution in [2.24, 2.45) is 5.73 Å². The highest BCUT2D eigenvalue weighted by Gasteiger charge is 2.41. The predicted octanol–water partition coefficient (Wildman–Crippen LogP) is 3.62. The van der Waals surface area contributed by atoms with Crippen LogP contribution in [0.15, 0.2) is 24.3 Å². The summed E-state index contributed by atoms with van der Waals surface area (Å²) in [5, 5.41) is 0.754. The van der Waals surface area contributed by atoms with Gasteiger partial charge in [-0.15, -0.1) is 0 Å². The van der Waals surface area contributed by atoms with Crippen molar-refractivity contribution in [3.05, 3.63) is 34.9 Å². The molecule has 1 aromatic carbocycles. The lowest BCUT2D eigenvalue weighted by Gasteiger charge is -2.50. The summed E-state index contributed by atoms with van der Waals surface area (Å²) in [6.07, 6.45) is 0. The highest BCUT2D eigenvalue weighted by molar-refractivity contribution is 6.30. The maximum absolute atomic E-state index is 6.30. The smallest absolute Gasteiger partial charge is 0.0761 e. The molecule has 4 heteroatoms. The Morgan fingerprint density at radius 3 is 2.00 bits per heavy atom. The first-order valence-electron chi connectivity index (χ1n) is 7.55. The van der Waals surface area contributed by atoms with Gasteiger partial charge in [-0.05, 0) is 52.3 Å². The molecule has 0 aliphatic carbocycles. The van der Waals surface area contributed by atoms with E-state index in [-0.39, 0.29) is 23.3 Å². The first kappa shape index (κ1) is 16.8. The second-order valence-corrected chi connectivity index (χ2v) is 7.82. The van der Waals surface area contributed by atoms with Crippen LogP contribution in [0.2, 0.25) is 5.02 Å². The third kappa shape index (κ3) is 4.19. The molecular weight excluding hydrogens is 284 g/mol. The van der Waals surface area contributed by atoms with Gasteiger partial charge in [-0.1, -0.05) is 23.7 Å². The normalized spacial score (nSPS) is 24.5. The zero-order valence-electron chi connectivity index (χ0n) is 13.7. The first-order chi connectivity index (χ1) is 9.60. The molecule has 0 amide bonds. The molecule has 2 unspecified atom stereocenters. The molecule has 0 bridgehead atoms. The maximum atomic E-state index is 6.30. The standard InChI is InChI=1S/C17H27ClN2O/c1-12(19)15(13-6-8-14(18)9-7-13)20-10-16(2,3)21-17(4,5)11-20/h6-9,12,15H,10-11,19H2,1-5H3. The van der Waals surface area contributed by atoms with Crippen molar-refractivity contribution in [3.63, 3.8) is 0 Å². The molecule has 0 spiro atoms. The van der Waals surface area contributed by atoms with Crippen LogP contribution in [-0.2, 0) is 4.74 Å². The monoisotopic (exact) mass is 310 g/mol. The van der Waals surface area contributed by atoms with Gasteiger partial charge in [-0.3, -0.25) is 4.90 Å². The number of nitrogens with two attached hydrogens (primary N) is 1. The highest BCUT2D eigenvalue weighted by atomic mass is 35.5. The van der Waals surface area contributed by atoms with Gasteiger partial charge in [0, 0.05) is 30.2 Å². The van der Waals surface area contributed by atoms with Crippen molar-refractivity contribution < 1.29 is 4.74 Å². The fourth-order valence-corrected chi connectivity index (χ4v) is 3.68. The van der Waals surface area contributed by atoms with Crippen LogP contribution in [0.4, 0.5) is 0 Å². The highest BCUT2D eigenvalue weighted by Crippen LogP contribution is 2.35. The largest absolute Gasteiger partial charge is 0.367 e. The lowest BCUT2D eigenvalue weighted by Crippen LogP contribution is -2.59. The van der Waals surface area contributed by atoms with E-state index in [9.17, 15) is 0 Å². The second kappa shape index (κ2) is 5.88. The van der Waals surface area contributed by atoms with Crippen LogP contribution in [0.25, 0.3) is 0 Å². The fraction of sp³-hybridized carbons (Fsp3) is 0.647. The lowest BCUT2D eigenvalue weighted by molar-refractivity contribution is -0.189. The second-order valence-electron chi connectivity index (χ2n) is 7.38. The van der Waals surface area contributed by atoms with Crippen LogP contribution in [0.1, 0.15) is 46.2 Å². The first-order valence-corrected chi connectivity index (χ1v) is 7.93. The Morgan fingerprint density at radius 2 is 1.57 bits per heavy atom. The molecule has 1 aliphatic heterocycles. The number of morpholine rings is 1. The zero-order chi connectivity index (χ0) is 15.8. The minimum absolute atomic E-state index is 0.0378. The molecule has 0 aromatic heterocycles. The Kier molecular flexibility index (Phi) is 4.69. The number of rotatable bonds is 3. The predicted molar refractivity (Wildman–Crippen MR) is 88.7 cm³/mol. The van der Waals surface area contributed by atoms with Crippen LogP contribution in [0.5, 0.6) is 0 Å². The van der Waals surface area contributed by atoms with E-state index in [1.807, 2.05) is 12.1 Å². The summed E-state index contributed by atoms with van der Waals surface area (Å²) in [5.74, 6) is 0. The average Bonchev–Trinajstić information content (AvgIpc) is 2.27. The molecule has 1 heterocycles. The molecule has 2 atom stereocenters. The molecule has 21 heavy (non-hydrogen) atoms. The summed E-state index contributed by atoms with van der Waals surface area (Å²) < 4.78 is 6.17. The van der Waals surface area contributed by atoms with Crippen molar-refractivity contribution in [2.45, 2.75) is 57.9 Å². The van der Waals surface area contributed by atoms with Crippen LogP contribution in [-0.4, -0.2) is 35.2 Å². The summed E-state index contributed by atoms with van der Waals surface area (Å²) >= 11 is 6.01. The van der Waals surface area contributed by atoms with Crippen LogP contribution >= 0.6 is 11.6 Å². The number of hydrogen-bond acceptors (Lipinski definition) is 3. The third-order valence-electron chi connectivity index (χ3n) is 3.82. The number of hydrogen-bond donors (Lipinski definition) is 1. The average molecular weight is 311 g/mol. The quantitative estimate of drug-likeness (QED) is 0.926. The number of nitrogens with zero attached hydrogens (tertiary/aromatic N) is 1. The van der Waals surface area contributed by atoms with E-state index in [0.29, 0.717) is 0 Å². The van der Waals surface area contributed by atoms with Crippen LogP contribution in [0, 0.1) is 0 Å². The van der Waals surface area contributed by atoms with Gasteiger partial charge >= 0.3 is 0 Å². The lowest BCUT2D eigenvalue weighted by atomic mass is 9.92. The Balaban J connectivity index is 2.31. The Labute approximate surface area is 133 Å². The molecule has 2 N–H and O–H groups in total. The molecular formula is C17H27ClN2O. The van der Waals surface area contributed by atoms with Crippen LogP contribution in [0.3, 0.4) is 0 Å². The summed E-state index contributed by atoms with van der Waals surface area (Å²) in [5.41, 5.74) is 7.15. The van der Waals surface area contributed by atoms with E-state index in [1.54, 1.807) is 0 Å². The Hall–Kier alpha value is -0.610. The van der Waals surface area contributed by atoms with Gasteiger partial charge in [0.25, 0.3) is 0 Å². The van der Waals surface area contributed by atoms with Crippen LogP contribution < -0.4 is 5.73 Å². The third-order valence-corrected chi connectivity index (χ3v) is 4.08. The minimum atomic E-state index is -0.179. The maximum Gasteiger partial charge on any atom is 0.0761 e. The molecule has 1 aromatic rings. The topological polar surface area (TPSA) is 38.5 Å². The summed E-state index contributed by atoms with van der Waals surface area (Å²) in [7, 11) is 0. The van der Waals surface area contributed by atoms with Gasteiger partial charge in [0.05, 0.1) is 11.2 Å². The van der Waals surface area contributed by atoms with E-state index < -0.39 is 0 Å². The molecule has 3 nitrogen and oxygen atoms in total. The van der Waals surface area contributed by atoms with E-state index in [4.69, 9.17) is 22.1 Å². The fourth-order valence-electron chi connectivity index (χ4n) is 3.55. The van der Waals surface area contributed by atoms with Gasteiger partial charge in [0.15, 0.2) is 0 Å². The summed E-state index contributed by atoms with van der Waals surface area (Å²) in [6, 6.07) is 8.23. The van der Waals surface area contributed by atoms with Gasteiger partial charge in [-0.25, -0.2) is 0 Å². The number of benzene rings is 1. The number of ether oxygens (including phenoxy) is 1. The molecule has 0 saturated carbocycles. The molecule has 118 valence electrons. The molecule has 2 rings (SSSR count). The Bertz CT molecular complexity index is 466. The van der Waals surface area contributed by atoms with Gasteiger partial charge in [0.1, 0.15) is 0 Å². The minimum Gasteiger partial charge on any atom is -0.367 e. The van der Waals surface area contributed by atoms with E-state index in [0.717, 1.165) is 18.1 Å². The molecule has 1 saturated heterocycles. The van der Waals surface area contributed by atoms with Crippen molar-refractivity contribution in [2.75, 3.05) is 13.1 Å². The summed E-state index contributed by atoms with van der Waals surface area (Å²) in [4.78, 5) is 2.44. The van der Waals surface area contributed by atoms with Crippen molar-refractivity contribution in [3.8, 4) is 0 Å². The molecule has 1 fully saturated rings. The summed E-state index contributed by atoms with van der Waals surface area (Å²) in [6.45, 7) is 12.4. The van der Waals surface area contributed by atoms with Gasteiger partial charge in [-0.2, -0.15) is 0 Å². The molecule has 1 aliphatic rings. The van der Waals surface area contributed by atoms with E-state index in [2.05, 4.69) is 51.7 Å². The Morgan fingerprint density at radius 1 is 1.10 bits per heavy atom. The van der Waals surface area contributed by atoms with Crippen molar-refractivity contribution in [1.82, 2.24) is 4.90 Å².